The molecule has 0 saturated carbocycles. The van der Waals surface area contributed by atoms with Crippen LogP contribution in [0.25, 0.3) is 0 Å². The molecule has 0 aliphatic heterocycles. The number of hydrogen-bond acceptors (Lipinski definition) is 40. The maximum absolute atomic E-state index is 9.50. The van der Waals surface area contributed by atoms with Crippen LogP contribution < -0.4 is 79.8 Å². The first-order valence-corrected chi connectivity index (χ1v) is 28.1. The van der Waals surface area contributed by atoms with Crippen molar-refractivity contribution in [1.29, 1.82) is 0 Å². The molecule has 40 heteroatoms. The van der Waals surface area contributed by atoms with E-state index in [1.807, 2.05) is 42.3 Å². The third-order valence-electron chi connectivity index (χ3n) is 12.0. The van der Waals surface area contributed by atoms with Gasteiger partial charge < -0.3 is 131 Å². The van der Waals surface area contributed by atoms with Crippen LogP contribution in [-0.2, 0) is 13.1 Å². The number of phenolic OH excluding ortho intramolecular Hbond substituents is 10. The van der Waals surface area contributed by atoms with Crippen LogP contribution in [0.5, 0.6) is 57.5 Å². The Labute approximate surface area is 553 Å². The van der Waals surface area contributed by atoms with E-state index in [4.69, 9.17) is 33.8 Å². The van der Waals surface area contributed by atoms with Crippen LogP contribution in [0.1, 0.15) is 11.1 Å². The Bertz CT molecular complexity index is 4230. The average molecular weight is 1340 g/mol. The molecule has 10 rings (SSSR count). The summed E-state index contributed by atoms with van der Waals surface area (Å²) < 4.78 is 0. The van der Waals surface area contributed by atoms with Crippen molar-refractivity contribution >= 4 is 106 Å². The van der Waals surface area contributed by atoms with Crippen molar-refractivity contribution in [2.45, 2.75) is 13.1 Å². The quantitative estimate of drug-likeness (QED) is 0.0460. The molecule has 0 atom stereocenters. The van der Waals surface area contributed by atoms with E-state index < -0.39 is 0 Å². The third-order valence-corrected chi connectivity index (χ3v) is 12.0. The predicted molar refractivity (Wildman–Crippen MR) is 366 cm³/mol. The van der Waals surface area contributed by atoms with Gasteiger partial charge in [-0.3, -0.25) is 0 Å². The normalized spacial score (nSPS) is 10.2. The Morgan fingerprint density at radius 1 is 0.299 bits per heavy atom. The van der Waals surface area contributed by atoms with Gasteiger partial charge in [-0.05, 0) is 71.8 Å². The summed E-state index contributed by atoms with van der Waals surface area (Å²) in [5.41, 5.74) is 30.6. The Morgan fingerprint density at radius 3 is 0.990 bits per heavy atom. The molecule has 0 aliphatic carbocycles. The van der Waals surface area contributed by atoms with E-state index in [0.717, 1.165) is 11.1 Å². The molecule has 5 heterocycles. The lowest BCUT2D eigenvalue weighted by molar-refractivity contribution is 0.403. The predicted octanol–water partition coefficient (Wildman–Crippen LogP) is 3.11. The van der Waals surface area contributed by atoms with E-state index in [1.165, 1.54) is 60.7 Å². The smallest absolute Gasteiger partial charge is 0.233 e. The summed E-state index contributed by atoms with van der Waals surface area (Å²) >= 11 is 0. The van der Waals surface area contributed by atoms with Crippen molar-refractivity contribution < 1.29 is 51.1 Å². The summed E-state index contributed by atoms with van der Waals surface area (Å²) in [6.07, 6.45) is 0. The monoisotopic (exact) mass is 1340 g/mol. The Kier molecular flexibility index (Phi) is 24.5. The molecule has 97 heavy (non-hydrogen) atoms. The Balaban J connectivity index is 0.000000192. The van der Waals surface area contributed by atoms with Gasteiger partial charge in [0.25, 0.3) is 0 Å². The zero-order valence-corrected chi connectivity index (χ0v) is 53.9. The van der Waals surface area contributed by atoms with Crippen molar-refractivity contribution in [1.82, 2.24) is 74.8 Å². The third kappa shape index (κ3) is 22.2. The molecule has 0 radical (unpaired) electrons. The lowest BCUT2D eigenvalue weighted by Crippen LogP contribution is -2.20. The molecule has 0 aliphatic rings. The highest BCUT2D eigenvalue weighted by Gasteiger charge is 2.15. The minimum atomic E-state index is -0.236. The molecule has 0 amide bonds. The summed E-state index contributed by atoms with van der Waals surface area (Å²) in [4.78, 5) is 69.1. The van der Waals surface area contributed by atoms with Gasteiger partial charge in [0.15, 0.2) is 57.5 Å². The standard InChI is InChI=1S/C13H18N6O2.C12H16N6O2.2C11H14N6O2.C10H12N6O2/c1-18(2)12-15-11(16-13(17-12)19(3)4)14-8-5-6-9(20)10(21)7-8;1-13-10-15-11(17-12(16-10)18(2)3)14-7-4-5-8(19)9(20)6-7;1-17(2)11-15-9(12)14-10(16-11)13-6-3-4-7(18)8(19)5-6;1-17(11-15-9(12)14-10(13)16-11)5-6-2-3-7(18)8(19)4-6;11-8-14-9(12)16-10(15-8)13-4-5-1-2-6(17)7(18)3-5/h5-7,20-21H,1-4H3,(H,14,15,16,17);4-6,19-20H,1-3H3,(H2,13,14,15,16,17);3-5,18-19H,1-2H3,(H3,12,13,14,15,16);2-4,18-19H,5H2,1H3,(H4,12,13,14,15,16);1-3,17-18H,4H2,(H5,11,12,13,14,15,16). The fourth-order valence-electron chi connectivity index (χ4n) is 7.30. The van der Waals surface area contributed by atoms with Crippen LogP contribution in [0.4, 0.5) is 106 Å². The van der Waals surface area contributed by atoms with Crippen LogP contribution >= 0.6 is 0 Å². The molecule has 0 spiro atoms. The molecule has 5 aromatic carbocycles. The summed E-state index contributed by atoms with van der Waals surface area (Å²) in [5, 5.41) is 108. The number of hydrogen-bond donors (Lipinski definition) is 20. The van der Waals surface area contributed by atoms with Gasteiger partial charge in [-0.1, -0.05) is 12.1 Å². The van der Waals surface area contributed by atoms with Gasteiger partial charge in [0.1, 0.15) is 0 Å². The molecule has 512 valence electrons. The van der Waals surface area contributed by atoms with Crippen LogP contribution in [-0.4, -0.2) is 196 Å². The zero-order valence-electron chi connectivity index (χ0n) is 53.9. The zero-order chi connectivity index (χ0) is 71.4. The van der Waals surface area contributed by atoms with E-state index >= 15 is 0 Å². The molecule has 40 nitrogen and oxygen atoms in total. The van der Waals surface area contributed by atoms with E-state index in [2.05, 4.69) is 101 Å². The first-order chi connectivity index (χ1) is 45.8. The maximum Gasteiger partial charge on any atom is 0.233 e. The lowest BCUT2D eigenvalue weighted by Gasteiger charge is -2.17. The summed E-state index contributed by atoms with van der Waals surface area (Å²) in [7, 11) is 18.0. The van der Waals surface area contributed by atoms with Crippen molar-refractivity contribution in [2.75, 3.05) is 150 Å². The van der Waals surface area contributed by atoms with E-state index in [0.29, 0.717) is 77.7 Å². The van der Waals surface area contributed by atoms with Gasteiger partial charge in [-0.25, -0.2) is 0 Å². The van der Waals surface area contributed by atoms with Crippen molar-refractivity contribution in [3.63, 3.8) is 0 Å². The highest BCUT2D eigenvalue weighted by atomic mass is 16.3. The largest absolute Gasteiger partial charge is 0.504 e. The molecule has 0 fully saturated rings. The molecule has 0 saturated heterocycles. The number of nitrogen functional groups attached to an aromatic ring is 5. The number of benzene rings is 5. The topological polar surface area (TPSA) is 602 Å². The fourth-order valence-corrected chi connectivity index (χ4v) is 7.30. The Morgan fingerprint density at radius 2 is 0.598 bits per heavy atom. The molecule has 0 unspecified atom stereocenters. The minimum absolute atomic E-state index is 0.0264. The van der Waals surface area contributed by atoms with Gasteiger partial charge in [-0.2, -0.15) is 74.8 Å². The summed E-state index contributed by atoms with van der Waals surface area (Å²) in [6.45, 7) is 0.757. The van der Waals surface area contributed by atoms with E-state index in [9.17, 15) is 46.0 Å². The van der Waals surface area contributed by atoms with Gasteiger partial charge >= 0.3 is 0 Å². The average Bonchev–Trinajstić information content (AvgIpc) is 0.897. The second-order valence-electron chi connectivity index (χ2n) is 20.8. The number of nitrogens with one attached hydrogen (secondary N) is 5. The van der Waals surface area contributed by atoms with Crippen LogP contribution in [0.3, 0.4) is 0 Å². The number of nitrogens with two attached hydrogens (primary N) is 5. The van der Waals surface area contributed by atoms with Crippen molar-refractivity contribution in [3.8, 4) is 57.5 Å². The van der Waals surface area contributed by atoms with Crippen LogP contribution in [0.15, 0.2) is 91.0 Å². The SMILES string of the molecule is CN(C)c1nc(N)nc(Nc2ccc(O)c(O)c2)n1.CN(C)c1nc(Nc2ccc(O)c(O)c2)nc(N(C)C)n1.CN(Cc1ccc(O)c(O)c1)c1nc(N)nc(N)n1.CNc1nc(Nc2ccc(O)c(O)c2)nc(N(C)C)n1.Nc1nc(N)nc(NCc2ccc(O)c(O)c2)n1. The minimum Gasteiger partial charge on any atom is -0.504 e. The number of rotatable bonds is 17. The summed E-state index contributed by atoms with van der Waals surface area (Å²) in [5.74, 6) is 2.15. The van der Waals surface area contributed by atoms with Crippen LogP contribution in [0, 0.1) is 0 Å². The highest BCUT2D eigenvalue weighted by molar-refractivity contribution is 5.63. The van der Waals surface area contributed by atoms with Crippen molar-refractivity contribution in [2.24, 2.45) is 0 Å². The molecule has 5 aromatic heterocycles. The number of aromatic hydroxyl groups is 10. The molecular weight excluding hydrogens is 1260 g/mol. The molecular formula is C57H74N30O10. The van der Waals surface area contributed by atoms with E-state index in [-0.39, 0.29) is 99.1 Å². The molecule has 10 aromatic rings. The van der Waals surface area contributed by atoms with E-state index in [1.54, 1.807) is 83.0 Å². The number of aromatic nitrogens is 15. The lowest BCUT2D eigenvalue weighted by atomic mass is 10.2. The Hall–Kier alpha value is -13.9. The van der Waals surface area contributed by atoms with Gasteiger partial charge in [0, 0.05) is 119 Å². The second kappa shape index (κ2) is 32.9. The highest BCUT2D eigenvalue weighted by Crippen LogP contribution is 2.32. The van der Waals surface area contributed by atoms with Gasteiger partial charge in [-0.15, -0.1) is 0 Å². The molecule has 25 N–H and O–H groups in total. The number of phenols is 10. The van der Waals surface area contributed by atoms with Crippen molar-refractivity contribution in [3.05, 3.63) is 102 Å². The van der Waals surface area contributed by atoms with Gasteiger partial charge in [0.2, 0.25) is 89.2 Å². The molecule has 0 bridgehead atoms. The van der Waals surface area contributed by atoms with Gasteiger partial charge in [0.05, 0.1) is 0 Å². The number of anilines is 18. The van der Waals surface area contributed by atoms with Crippen LogP contribution in [0.2, 0.25) is 0 Å². The second-order valence-corrected chi connectivity index (χ2v) is 20.8. The summed E-state index contributed by atoms with van der Waals surface area (Å²) in [6, 6.07) is 22.1. The number of nitrogens with zero attached hydrogens (tertiary/aromatic N) is 20. The first kappa shape index (κ1) is 72.2. The first-order valence-electron chi connectivity index (χ1n) is 28.1. The maximum atomic E-state index is 9.50. The fraction of sp³-hybridized carbons (Fsp3) is 0.211.